The van der Waals surface area contributed by atoms with Gasteiger partial charge in [-0.15, -0.1) is 0 Å². The first-order valence-electron chi connectivity index (χ1n) is 4.23. The number of amidine groups is 1. The van der Waals surface area contributed by atoms with Gasteiger partial charge in [-0.05, 0) is 13.0 Å². The Labute approximate surface area is 76.8 Å². The van der Waals surface area contributed by atoms with Gasteiger partial charge in [0, 0.05) is 13.1 Å². The Morgan fingerprint density at radius 1 is 1.54 bits per heavy atom. The first-order valence-corrected chi connectivity index (χ1v) is 4.23. The maximum atomic E-state index is 11.0. The number of nitrogens with two attached hydrogens (primary N) is 2. The number of carbonyl (C=O) groups excluding carboxylic acids is 1. The molecule has 1 fully saturated rings. The lowest BCUT2D eigenvalue weighted by Crippen LogP contribution is -2.52. The van der Waals surface area contributed by atoms with E-state index < -0.39 is 6.03 Å². The minimum atomic E-state index is -0.510. The van der Waals surface area contributed by atoms with Crippen molar-refractivity contribution >= 4 is 11.9 Å². The minimum absolute atomic E-state index is 0.0202. The second-order valence-corrected chi connectivity index (χ2v) is 3.06. The summed E-state index contributed by atoms with van der Waals surface area (Å²) >= 11 is 0. The molecule has 1 aliphatic rings. The first kappa shape index (κ1) is 9.79. The van der Waals surface area contributed by atoms with Crippen molar-refractivity contribution in [2.45, 2.75) is 12.5 Å². The number of amides is 2. The molecular weight excluding hydrogens is 170 g/mol. The molecule has 1 heterocycles. The summed E-state index contributed by atoms with van der Waals surface area (Å²) in [6, 6.07) is -0.899. The molecule has 6 heteroatoms. The number of nitrogens with one attached hydrogen (secondary N) is 2. The summed E-state index contributed by atoms with van der Waals surface area (Å²) in [4.78, 5) is 12.4. The number of primary amides is 1. The highest BCUT2D eigenvalue weighted by Crippen LogP contribution is 2.03. The zero-order valence-electron chi connectivity index (χ0n) is 7.42. The number of hydrogen-bond donors (Lipinski definition) is 4. The molecule has 1 atom stereocenters. The van der Waals surface area contributed by atoms with Gasteiger partial charge in [0.05, 0.1) is 0 Å². The van der Waals surface area contributed by atoms with Crippen molar-refractivity contribution in [3.8, 4) is 0 Å². The fourth-order valence-corrected chi connectivity index (χ4v) is 1.42. The summed E-state index contributed by atoms with van der Waals surface area (Å²) in [5.74, 6) is -0.0202. The Morgan fingerprint density at radius 2 is 2.23 bits per heavy atom. The third-order valence-corrected chi connectivity index (χ3v) is 2.11. The number of urea groups is 1. The molecule has 0 aromatic carbocycles. The lowest BCUT2D eigenvalue weighted by atomic mass is 10.2. The molecule has 1 aliphatic heterocycles. The highest BCUT2D eigenvalue weighted by atomic mass is 16.2. The fraction of sp³-hybridized carbons (Fsp3) is 0.714. The van der Waals surface area contributed by atoms with Crippen molar-refractivity contribution < 1.29 is 4.79 Å². The molecule has 2 amide bonds. The van der Waals surface area contributed by atoms with Crippen molar-refractivity contribution in [1.29, 1.82) is 5.41 Å². The highest BCUT2D eigenvalue weighted by Gasteiger charge is 2.25. The molecule has 0 aromatic heterocycles. The maximum absolute atomic E-state index is 11.0. The van der Waals surface area contributed by atoms with Crippen molar-refractivity contribution in [2.75, 3.05) is 19.6 Å². The minimum Gasteiger partial charge on any atom is -0.386 e. The summed E-state index contributed by atoms with van der Waals surface area (Å²) in [6.45, 7) is 1.90. The third-order valence-electron chi connectivity index (χ3n) is 2.11. The second-order valence-electron chi connectivity index (χ2n) is 3.06. The molecule has 0 aromatic rings. The van der Waals surface area contributed by atoms with Gasteiger partial charge < -0.3 is 21.7 Å². The van der Waals surface area contributed by atoms with E-state index in [1.54, 1.807) is 0 Å². The number of hydrogen-bond acceptors (Lipinski definition) is 3. The van der Waals surface area contributed by atoms with Crippen LogP contribution in [0.2, 0.25) is 0 Å². The Kier molecular flexibility index (Phi) is 3.07. The lowest BCUT2D eigenvalue weighted by Gasteiger charge is -2.26. The van der Waals surface area contributed by atoms with Crippen LogP contribution in [0.1, 0.15) is 6.42 Å². The molecule has 6 nitrogen and oxygen atoms in total. The average molecular weight is 185 g/mol. The lowest BCUT2D eigenvalue weighted by molar-refractivity contribution is 0.202. The zero-order valence-corrected chi connectivity index (χ0v) is 7.42. The van der Waals surface area contributed by atoms with Gasteiger partial charge in [0.15, 0.2) is 0 Å². The predicted octanol–water partition coefficient (Wildman–Crippen LogP) is -1.34. The first-order chi connectivity index (χ1) is 6.13. The van der Waals surface area contributed by atoms with E-state index >= 15 is 0 Å². The van der Waals surface area contributed by atoms with Gasteiger partial charge >= 0.3 is 6.03 Å². The molecule has 0 spiro atoms. The molecule has 1 saturated heterocycles. The van der Waals surface area contributed by atoms with Crippen LogP contribution < -0.4 is 16.8 Å². The van der Waals surface area contributed by atoms with E-state index in [2.05, 4.69) is 5.32 Å². The van der Waals surface area contributed by atoms with Gasteiger partial charge in [-0.3, -0.25) is 5.41 Å². The van der Waals surface area contributed by atoms with Crippen LogP contribution in [0.25, 0.3) is 0 Å². The van der Waals surface area contributed by atoms with E-state index in [-0.39, 0.29) is 11.9 Å². The molecule has 6 N–H and O–H groups in total. The molecular formula is C7H15N5O. The largest absolute Gasteiger partial charge is 0.386 e. The number of rotatable bonds is 1. The molecule has 1 unspecified atom stereocenters. The summed E-state index contributed by atoms with van der Waals surface area (Å²) in [5.41, 5.74) is 10.5. The highest BCUT2D eigenvalue weighted by molar-refractivity contribution is 5.87. The second kappa shape index (κ2) is 4.08. The molecule has 0 saturated carbocycles. The summed E-state index contributed by atoms with van der Waals surface area (Å²) in [6.07, 6.45) is 0.840. The van der Waals surface area contributed by atoms with E-state index in [0.29, 0.717) is 13.1 Å². The van der Waals surface area contributed by atoms with Gasteiger partial charge in [0.2, 0.25) is 0 Å². The Bertz CT molecular complexity index is 195. The van der Waals surface area contributed by atoms with Crippen LogP contribution >= 0.6 is 0 Å². The van der Waals surface area contributed by atoms with Gasteiger partial charge in [-0.2, -0.15) is 0 Å². The number of nitrogens with zero attached hydrogens (tertiary/aromatic N) is 1. The SMILES string of the molecule is N=C(N)C1CNCCCN1C(N)=O. The van der Waals surface area contributed by atoms with E-state index in [9.17, 15) is 4.79 Å². The standard InChI is InChI=1S/C7H15N5O/c8-6(9)5-4-11-2-1-3-12(5)7(10)13/h5,11H,1-4H2,(H3,8,9)(H2,10,13). The quantitative estimate of drug-likeness (QED) is 0.300. The predicted molar refractivity (Wildman–Crippen MR) is 49.5 cm³/mol. The normalized spacial score (nSPS) is 23.7. The van der Waals surface area contributed by atoms with E-state index in [1.807, 2.05) is 0 Å². The molecule has 1 rings (SSSR count). The van der Waals surface area contributed by atoms with Crippen molar-refractivity contribution in [1.82, 2.24) is 10.2 Å². The maximum Gasteiger partial charge on any atom is 0.315 e. The average Bonchev–Trinajstić information content (AvgIpc) is 2.27. The van der Waals surface area contributed by atoms with Crippen LogP contribution in [0.3, 0.4) is 0 Å². The van der Waals surface area contributed by atoms with Crippen LogP contribution in [0.4, 0.5) is 4.79 Å². The Balaban J connectivity index is 2.72. The Morgan fingerprint density at radius 3 is 2.77 bits per heavy atom. The smallest absolute Gasteiger partial charge is 0.315 e. The summed E-state index contributed by atoms with van der Waals surface area (Å²) in [5, 5.41) is 10.4. The van der Waals surface area contributed by atoms with Gasteiger partial charge in [-0.1, -0.05) is 0 Å². The van der Waals surface area contributed by atoms with Crippen LogP contribution in [-0.2, 0) is 0 Å². The van der Waals surface area contributed by atoms with E-state index in [0.717, 1.165) is 13.0 Å². The Hall–Kier alpha value is -1.30. The van der Waals surface area contributed by atoms with Gasteiger partial charge in [0.1, 0.15) is 11.9 Å². The van der Waals surface area contributed by atoms with Crippen LogP contribution in [-0.4, -0.2) is 42.4 Å². The van der Waals surface area contributed by atoms with Gasteiger partial charge in [0.25, 0.3) is 0 Å². The summed E-state index contributed by atoms with van der Waals surface area (Å²) in [7, 11) is 0. The monoisotopic (exact) mass is 185 g/mol. The number of carbonyl (C=O) groups is 1. The summed E-state index contributed by atoms with van der Waals surface area (Å²) < 4.78 is 0. The van der Waals surface area contributed by atoms with Crippen LogP contribution in [0.15, 0.2) is 0 Å². The van der Waals surface area contributed by atoms with Crippen LogP contribution in [0.5, 0.6) is 0 Å². The van der Waals surface area contributed by atoms with E-state index in [1.165, 1.54) is 4.90 Å². The molecule has 0 radical (unpaired) electrons. The molecule has 0 bridgehead atoms. The van der Waals surface area contributed by atoms with E-state index in [4.69, 9.17) is 16.9 Å². The topological polar surface area (TPSA) is 108 Å². The van der Waals surface area contributed by atoms with Crippen LogP contribution in [0, 0.1) is 5.41 Å². The third kappa shape index (κ3) is 2.32. The molecule has 13 heavy (non-hydrogen) atoms. The van der Waals surface area contributed by atoms with Crippen molar-refractivity contribution in [2.24, 2.45) is 11.5 Å². The zero-order chi connectivity index (χ0) is 9.84. The fourth-order valence-electron chi connectivity index (χ4n) is 1.42. The van der Waals surface area contributed by atoms with Crippen molar-refractivity contribution in [3.63, 3.8) is 0 Å². The molecule has 0 aliphatic carbocycles. The van der Waals surface area contributed by atoms with Gasteiger partial charge in [-0.25, -0.2) is 4.79 Å². The molecule has 74 valence electrons. The van der Waals surface area contributed by atoms with Crippen molar-refractivity contribution in [3.05, 3.63) is 0 Å².